The standard InChI is InChI=1S/C22H17IN2O/c1-15-12-18(16(2)25(15)21-10-8-20(23)9-11-21)13-19(14-24)22(26)17-6-4-3-5-7-17/h3-13H,1-2H3. The zero-order chi connectivity index (χ0) is 18.7. The van der Waals surface area contributed by atoms with Gasteiger partial charge in [-0.25, -0.2) is 0 Å². The van der Waals surface area contributed by atoms with Gasteiger partial charge in [-0.05, 0) is 78.4 Å². The third kappa shape index (κ3) is 3.63. The molecular weight excluding hydrogens is 435 g/mol. The Labute approximate surface area is 166 Å². The van der Waals surface area contributed by atoms with Crippen LogP contribution in [0.3, 0.4) is 0 Å². The summed E-state index contributed by atoms with van der Waals surface area (Å²) in [6, 6.07) is 21.2. The van der Waals surface area contributed by atoms with Gasteiger partial charge in [-0.1, -0.05) is 30.3 Å². The van der Waals surface area contributed by atoms with Crippen molar-refractivity contribution < 1.29 is 4.79 Å². The summed E-state index contributed by atoms with van der Waals surface area (Å²) in [5, 5.41) is 9.49. The molecule has 0 spiro atoms. The highest BCUT2D eigenvalue weighted by Gasteiger charge is 2.15. The number of aryl methyl sites for hydroxylation is 1. The summed E-state index contributed by atoms with van der Waals surface area (Å²) in [7, 11) is 0. The average molecular weight is 452 g/mol. The van der Waals surface area contributed by atoms with Gasteiger partial charge in [-0.3, -0.25) is 4.79 Å². The Morgan fingerprint density at radius 3 is 2.35 bits per heavy atom. The SMILES string of the molecule is Cc1cc(C=C(C#N)C(=O)c2ccccc2)c(C)n1-c1ccc(I)cc1. The van der Waals surface area contributed by atoms with Gasteiger partial charge < -0.3 is 4.57 Å². The first kappa shape index (κ1) is 18.2. The number of hydrogen-bond acceptors (Lipinski definition) is 2. The predicted octanol–water partition coefficient (Wildman–Crippen LogP) is 5.49. The van der Waals surface area contributed by atoms with Crippen molar-refractivity contribution in [3.05, 3.63) is 92.3 Å². The minimum atomic E-state index is -0.257. The fraction of sp³-hybridized carbons (Fsp3) is 0.0909. The molecule has 0 bridgehead atoms. The fourth-order valence-corrected chi connectivity index (χ4v) is 3.33. The number of ketones is 1. The first-order valence-electron chi connectivity index (χ1n) is 8.17. The third-order valence-electron chi connectivity index (χ3n) is 4.26. The second-order valence-electron chi connectivity index (χ2n) is 6.00. The average Bonchev–Trinajstić information content (AvgIpc) is 2.94. The molecule has 1 aromatic heterocycles. The molecule has 0 aliphatic carbocycles. The Kier molecular flexibility index (Phi) is 5.38. The lowest BCUT2D eigenvalue weighted by Gasteiger charge is -2.09. The topological polar surface area (TPSA) is 45.8 Å². The van der Waals surface area contributed by atoms with Gasteiger partial charge in [0, 0.05) is 26.2 Å². The second kappa shape index (κ2) is 7.71. The van der Waals surface area contributed by atoms with Gasteiger partial charge in [0.05, 0.1) is 0 Å². The van der Waals surface area contributed by atoms with Gasteiger partial charge in [-0.15, -0.1) is 0 Å². The number of rotatable bonds is 4. The second-order valence-corrected chi connectivity index (χ2v) is 7.25. The quantitative estimate of drug-likeness (QED) is 0.228. The summed E-state index contributed by atoms with van der Waals surface area (Å²) < 4.78 is 3.30. The van der Waals surface area contributed by atoms with Crippen molar-refractivity contribution in [1.82, 2.24) is 4.57 Å². The van der Waals surface area contributed by atoms with Gasteiger partial charge in [0.1, 0.15) is 11.6 Å². The van der Waals surface area contributed by atoms with E-state index in [0.29, 0.717) is 5.56 Å². The largest absolute Gasteiger partial charge is 0.318 e. The lowest BCUT2D eigenvalue weighted by molar-refractivity contribution is 0.104. The molecule has 0 aliphatic heterocycles. The van der Waals surface area contributed by atoms with E-state index in [0.717, 1.165) is 22.6 Å². The number of aromatic nitrogens is 1. The summed E-state index contributed by atoms with van der Waals surface area (Å²) >= 11 is 2.28. The maximum Gasteiger partial charge on any atom is 0.203 e. The molecule has 128 valence electrons. The molecule has 1 heterocycles. The van der Waals surface area contributed by atoms with E-state index in [9.17, 15) is 10.1 Å². The van der Waals surface area contributed by atoms with Gasteiger partial charge in [-0.2, -0.15) is 5.26 Å². The molecule has 4 heteroatoms. The molecule has 3 aromatic rings. The molecule has 0 unspecified atom stereocenters. The molecule has 0 aliphatic rings. The van der Waals surface area contributed by atoms with Crippen LogP contribution in [-0.2, 0) is 0 Å². The molecule has 0 amide bonds. The van der Waals surface area contributed by atoms with Crippen LogP contribution in [0.5, 0.6) is 0 Å². The van der Waals surface area contributed by atoms with Gasteiger partial charge in [0.25, 0.3) is 0 Å². The maximum atomic E-state index is 12.6. The summed E-state index contributed by atoms with van der Waals surface area (Å²) in [5.41, 5.74) is 4.65. The normalized spacial score (nSPS) is 11.2. The van der Waals surface area contributed by atoms with Gasteiger partial charge in [0.2, 0.25) is 5.78 Å². The number of allylic oxidation sites excluding steroid dienone is 1. The van der Waals surface area contributed by atoms with Crippen LogP contribution in [0, 0.1) is 28.7 Å². The molecular formula is C22H17IN2O. The van der Waals surface area contributed by atoms with E-state index in [-0.39, 0.29) is 11.4 Å². The van der Waals surface area contributed by atoms with Crippen LogP contribution in [0.4, 0.5) is 0 Å². The first-order chi connectivity index (χ1) is 12.5. The van der Waals surface area contributed by atoms with E-state index >= 15 is 0 Å². The summed E-state index contributed by atoms with van der Waals surface area (Å²) in [4.78, 5) is 12.6. The van der Waals surface area contributed by atoms with Crippen LogP contribution in [-0.4, -0.2) is 10.4 Å². The third-order valence-corrected chi connectivity index (χ3v) is 4.98. The zero-order valence-corrected chi connectivity index (χ0v) is 16.7. The van der Waals surface area contributed by atoms with Crippen LogP contribution in [0.2, 0.25) is 0 Å². The number of hydrogen-bond donors (Lipinski definition) is 0. The molecule has 3 nitrogen and oxygen atoms in total. The summed E-state index contributed by atoms with van der Waals surface area (Å²) in [6.07, 6.45) is 1.68. The fourth-order valence-electron chi connectivity index (χ4n) is 2.97. The van der Waals surface area contributed by atoms with Crippen LogP contribution in [0.15, 0.2) is 66.2 Å². The minimum Gasteiger partial charge on any atom is -0.318 e. The predicted molar refractivity (Wildman–Crippen MR) is 112 cm³/mol. The van der Waals surface area contributed by atoms with Crippen LogP contribution in [0.1, 0.15) is 27.3 Å². The highest BCUT2D eigenvalue weighted by Crippen LogP contribution is 2.24. The Hall–Kier alpha value is -2.65. The molecule has 0 saturated heterocycles. The molecule has 26 heavy (non-hydrogen) atoms. The van der Waals surface area contributed by atoms with E-state index in [2.05, 4.69) is 57.5 Å². The Balaban J connectivity index is 2.03. The zero-order valence-electron chi connectivity index (χ0n) is 14.5. The van der Waals surface area contributed by atoms with E-state index < -0.39 is 0 Å². The van der Waals surface area contributed by atoms with E-state index in [4.69, 9.17) is 0 Å². The van der Waals surface area contributed by atoms with E-state index in [1.165, 1.54) is 3.57 Å². The number of halogens is 1. The highest BCUT2D eigenvalue weighted by atomic mass is 127. The van der Waals surface area contributed by atoms with Crippen molar-refractivity contribution in [2.45, 2.75) is 13.8 Å². The van der Waals surface area contributed by atoms with Crippen molar-refractivity contribution in [3.8, 4) is 11.8 Å². The molecule has 0 fully saturated rings. The summed E-state index contributed by atoms with van der Waals surface area (Å²) in [6.45, 7) is 4.02. The lowest BCUT2D eigenvalue weighted by Crippen LogP contribution is -2.02. The first-order valence-corrected chi connectivity index (χ1v) is 9.25. The van der Waals surface area contributed by atoms with E-state index in [1.54, 1.807) is 30.3 Å². The Bertz CT molecular complexity index is 1020. The van der Waals surface area contributed by atoms with Crippen molar-refractivity contribution in [1.29, 1.82) is 5.26 Å². The number of benzene rings is 2. The number of carbonyl (C=O) groups excluding carboxylic acids is 1. The van der Waals surface area contributed by atoms with Crippen molar-refractivity contribution in [3.63, 3.8) is 0 Å². The molecule has 3 rings (SSSR count). The van der Waals surface area contributed by atoms with Crippen molar-refractivity contribution in [2.24, 2.45) is 0 Å². The smallest absolute Gasteiger partial charge is 0.203 e. The molecule has 0 saturated carbocycles. The number of Topliss-reactive ketones (excluding diaryl/α,β-unsaturated/α-hetero) is 1. The van der Waals surface area contributed by atoms with Crippen molar-refractivity contribution in [2.75, 3.05) is 0 Å². The lowest BCUT2D eigenvalue weighted by atomic mass is 10.0. The van der Waals surface area contributed by atoms with Crippen LogP contribution >= 0.6 is 22.6 Å². The number of nitriles is 1. The molecule has 2 aromatic carbocycles. The van der Waals surface area contributed by atoms with Crippen LogP contribution < -0.4 is 0 Å². The minimum absolute atomic E-state index is 0.138. The van der Waals surface area contributed by atoms with Gasteiger partial charge in [0.15, 0.2) is 0 Å². The monoisotopic (exact) mass is 452 g/mol. The van der Waals surface area contributed by atoms with Gasteiger partial charge >= 0.3 is 0 Å². The molecule has 0 atom stereocenters. The van der Waals surface area contributed by atoms with E-state index in [1.807, 2.05) is 26.0 Å². The highest BCUT2D eigenvalue weighted by molar-refractivity contribution is 14.1. The number of nitrogens with zero attached hydrogens (tertiary/aromatic N) is 2. The maximum absolute atomic E-state index is 12.6. The summed E-state index contributed by atoms with van der Waals surface area (Å²) in [5.74, 6) is -0.257. The van der Waals surface area contributed by atoms with Crippen molar-refractivity contribution >= 4 is 34.5 Å². The number of carbonyl (C=O) groups is 1. The van der Waals surface area contributed by atoms with Crippen LogP contribution in [0.25, 0.3) is 11.8 Å². The Morgan fingerprint density at radius 2 is 1.73 bits per heavy atom. The Morgan fingerprint density at radius 1 is 1.08 bits per heavy atom. The molecule has 0 N–H and O–H groups in total. The molecule has 0 radical (unpaired) electrons.